The third-order valence-corrected chi connectivity index (χ3v) is 5.94. The second-order valence-electron chi connectivity index (χ2n) is 6.69. The number of nitrogens with zero attached hydrogens (tertiary/aromatic N) is 2. The van der Waals surface area contributed by atoms with Gasteiger partial charge in [-0.05, 0) is 49.6 Å². The Morgan fingerprint density at radius 1 is 0.926 bits per heavy atom. The number of benzene rings is 2. The van der Waals surface area contributed by atoms with E-state index in [1.54, 1.807) is 11.8 Å². The first kappa shape index (κ1) is 17.8. The van der Waals surface area contributed by atoms with E-state index in [1.165, 1.54) is 0 Å². The summed E-state index contributed by atoms with van der Waals surface area (Å²) in [5.74, 6) is 0.111. The van der Waals surface area contributed by atoms with Crippen LogP contribution in [0.2, 0.25) is 0 Å². The molecule has 27 heavy (non-hydrogen) atoms. The predicted octanol–water partition coefficient (Wildman–Crippen LogP) is 5.60. The lowest BCUT2D eigenvalue weighted by Crippen LogP contribution is -2.38. The van der Waals surface area contributed by atoms with Crippen LogP contribution in [-0.4, -0.2) is 22.3 Å². The van der Waals surface area contributed by atoms with E-state index in [2.05, 4.69) is 23.2 Å². The molecule has 1 fully saturated rings. The Labute approximate surface area is 164 Å². The molecule has 0 saturated carbocycles. The molecule has 0 spiro atoms. The number of aromatic nitrogens is 1. The molecule has 0 radical (unpaired) electrons. The molecule has 3 aromatic rings. The van der Waals surface area contributed by atoms with Gasteiger partial charge in [-0.3, -0.25) is 4.79 Å². The number of likely N-dealkylation sites (tertiary alicyclic amines) is 1. The van der Waals surface area contributed by atoms with Gasteiger partial charge in [0.1, 0.15) is 5.03 Å². The van der Waals surface area contributed by atoms with Gasteiger partial charge in [-0.2, -0.15) is 0 Å². The molecule has 0 aliphatic carbocycles. The highest BCUT2D eigenvalue weighted by Gasteiger charge is 2.30. The molecule has 1 amide bonds. The molecule has 4 heteroatoms. The van der Waals surface area contributed by atoms with E-state index < -0.39 is 0 Å². The van der Waals surface area contributed by atoms with Gasteiger partial charge in [-0.15, -0.1) is 0 Å². The second kappa shape index (κ2) is 8.40. The minimum Gasteiger partial charge on any atom is -0.332 e. The Balaban J connectivity index is 1.65. The molecular formula is C23H22N2OS. The monoisotopic (exact) mass is 374 g/mol. The summed E-state index contributed by atoms with van der Waals surface area (Å²) >= 11 is 1.67. The SMILES string of the molecule is O=C(c1ccccc1)N1CCCCC1c1cccnc1Sc1ccccc1. The number of hydrogen-bond acceptors (Lipinski definition) is 3. The molecule has 0 bridgehead atoms. The van der Waals surface area contributed by atoms with Crippen molar-refractivity contribution in [3.8, 4) is 0 Å². The first-order chi connectivity index (χ1) is 13.3. The average molecular weight is 375 g/mol. The number of amides is 1. The van der Waals surface area contributed by atoms with Crippen molar-refractivity contribution in [2.24, 2.45) is 0 Å². The zero-order chi connectivity index (χ0) is 18.5. The maximum Gasteiger partial charge on any atom is 0.254 e. The van der Waals surface area contributed by atoms with Crippen LogP contribution in [0.1, 0.15) is 41.2 Å². The second-order valence-corrected chi connectivity index (χ2v) is 7.75. The molecule has 1 aromatic heterocycles. The van der Waals surface area contributed by atoms with Gasteiger partial charge in [0.05, 0.1) is 6.04 Å². The first-order valence-electron chi connectivity index (χ1n) is 9.37. The minimum atomic E-state index is 0.0753. The van der Waals surface area contributed by atoms with Gasteiger partial charge in [0, 0.05) is 28.8 Å². The highest BCUT2D eigenvalue weighted by atomic mass is 32.2. The number of rotatable bonds is 4. The number of piperidine rings is 1. The van der Waals surface area contributed by atoms with E-state index in [1.807, 2.05) is 65.7 Å². The zero-order valence-corrected chi connectivity index (χ0v) is 15.9. The van der Waals surface area contributed by atoms with E-state index in [-0.39, 0.29) is 11.9 Å². The summed E-state index contributed by atoms with van der Waals surface area (Å²) < 4.78 is 0. The van der Waals surface area contributed by atoms with Crippen LogP contribution in [-0.2, 0) is 0 Å². The molecule has 1 unspecified atom stereocenters. The van der Waals surface area contributed by atoms with Crippen LogP contribution in [0.15, 0.2) is 88.9 Å². The van der Waals surface area contributed by atoms with Crippen LogP contribution in [0.5, 0.6) is 0 Å². The minimum absolute atomic E-state index is 0.0753. The molecule has 1 aliphatic heterocycles. The smallest absolute Gasteiger partial charge is 0.254 e. The Morgan fingerprint density at radius 2 is 1.67 bits per heavy atom. The molecule has 136 valence electrons. The van der Waals surface area contributed by atoms with Crippen molar-refractivity contribution in [1.82, 2.24) is 9.88 Å². The average Bonchev–Trinajstić information content (AvgIpc) is 2.75. The van der Waals surface area contributed by atoms with E-state index >= 15 is 0 Å². The summed E-state index contributed by atoms with van der Waals surface area (Å²) in [6, 6.07) is 24.1. The van der Waals surface area contributed by atoms with Crippen molar-refractivity contribution in [3.05, 3.63) is 90.1 Å². The number of hydrogen-bond donors (Lipinski definition) is 0. The van der Waals surface area contributed by atoms with Crippen molar-refractivity contribution in [2.45, 2.75) is 35.2 Å². The summed E-state index contributed by atoms with van der Waals surface area (Å²) in [4.78, 5) is 21.0. The van der Waals surface area contributed by atoms with Crippen molar-refractivity contribution in [2.75, 3.05) is 6.54 Å². The Morgan fingerprint density at radius 3 is 2.44 bits per heavy atom. The lowest BCUT2D eigenvalue weighted by atomic mass is 9.95. The van der Waals surface area contributed by atoms with Gasteiger partial charge in [0.25, 0.3) is 5.91 Å². The number of pyridine rings is 1. The van der Waals surface area contributed by atoms with Crippen LogP contribution in [0.4, 0.5) is 0 Å². The van der Waals surface area contributed by atoms with Gasteiger partial charge in [-0.25, -0.2) is 4.98 Å². The Bertz CT molecular complexity index is 899. The molecule has 2 heterocycles. The molecule has 4 rings (SSSR count). The summed E-state index contributed by atoms with van der Waals surface area (Å²) in [6.45, 7) is 0.794. The maximum atomic E-state index is 13.2. The Hall–Kier alpha value is -2.59. The molecule has 1 atom stereocenters. The molecule has 1 saturated heterocycles. The third kappa shape index (κ3) is 4.06. The van der Waals surface area contributed by atoms with Gasteiger partial charge < -0.3 is 4.90 Å². The highest BCUT2D eigenvalue weighted by Crippen LogP contribution is 2.38. The molecule has 2 aromatic carbocycles. The van der Waals surface area contributed by atoms with Crippen molar-refractivity contribution in [3.63, 3.8) is 0 Å². The number of carbonyl (C=O) groups is 1. The highest BCUT2D eigenvalue weighted by molar-refractivity contribution is 7.99. The van der Waals surface area contributed by atoms with Crippen LogP contribution < -0.4 is 0 Å². The van der Waals surface area contributed by atoms with E-state index in [4.69, 9.17) is 0 Å². The fraction of sp³-hybridized carbons (Fsp3) is 0.217. The molecule has 3 nitrogen and oxygen atoms in total. The van der Waals surface area contributed by atoms with Gasteiger partial charge in [-0.1, -0.05) is 54.2 Å². The topological polar surface area (TPSA) is 33.2 Å². The first-order valence-corrected chi connectivity index (χ1v) is 10.2. The fourth-order valence-corrected chi connectivity index (χ4v) is 4.54. The van der Waals surface area contributed by atoms with Crippen molar-refractivity contribution in [1.29, 1.82) is 0 Å². The van der Waals surface area contributed by atoms with Crippen LogP contribution in [0.3, 0.4) is 0 Å². The standard InChI is InChI=1S/C23H22N2OS/c26-23(18-10-3-1-4-11-18)25-17-8-7-15-21(25)20-14-9-16-24-22(20)27-19-12-5-2-6-13-19/h1-6,9-14,16,21H,7-8,15,17H2. The predicted molar refractivity (Wildman–Crippen MR) is 109 cm³/mol. The number of carbonyl (C=O) groups excluding carboxylic acids is 1. The summed E-state index contributed by atoms with van der Waals surface area (Å²) in [5, 5.41) is 0.987. The van der Waals surface area contributed by atoms with E-state index in [9.17, 15) is 4.79 Å². The van der Waals surface area contributed by atoms with Crippen molar-refractivity contribution >= 4 is 17.7 Å². The lowest BCUT2D eigenvalue weighted by molar-refractivity contribution is 0.0607. The normalized spacial score (nSPS) is 16.9. The van der Waals surface area contributed by atoms with Gasteiger partial charge >= 0.3 is 0 Å². The molecular weight excluding hydrogens is 352 g/mol. The summed E-state index contributed by atoms with van der Waals surface area (Å²) in [6.07, 6.45) is 5.00. The van der Waals surface area contributed by atoms with Crippen LogP contribution in [0.25, 0.3) is 0 Å². The van der Waals surface area contributed by atoms with Crippen LogP contribution in [0, 0.1) is 0 Å². The quantitative estimate of drug-likeness (QED) is 0.596. The largest absolute Gasteiger partial charge is 0.332 e. The summed E-state index contributed by atoms with van der Waals surface area (Å²) in [5.41, 5.74) is 1.90. The van der Waals surface area contributed by atoms with Gasteiger partial charge in [0.2, 0.25) is 0 Å². The lowest BCUT2D eigenvalue weighted by Gasteiger charge is -2.36. The van der Waals surface area contributed by atoms with Crippen LogP contribution >= 0.6 is 11.8 Å². The van der Waals surface area contributed by atoms with Gasteiger partial charge in [0.15, 0.2) is 0 Å². The molecule has 1 aliphatic rings. The summed E-state index contributed by atoms with van der Waals surface area (Å²) in [7, 11) is 0. The maximum absolute atomic E-state index is 13.2. The zero-order valence-electron chi connectivity index (χ0n) is 15.1. The Kier molecular flexibility index (Phi) is 5.54. The van der Waals surface area contributed by atoms with E-state index in [0.29, 0.717) is 0 Å². The third-order valence-electron chi connectivity index (χ3n) is 4.90. The molecule has 0 N–H and O–H groups in total. The van der Waals surface area contributed by atoms with E-state index in [0.717, 1.165) is 46.9 Å². The van der Waals surface area contributed by atoms with Crippen molar-refractivity contribution < 1.29 is 4.79 Å². The fourth-order valence-electron chi connectivity index (χ4n) is 3.59.